The average Bonchev–Trinajstić information content (AvgIpc) is 3.09. The van der Waals surface area contributed by atoms with Gasteiger partial charge in [0.1, 0.15) is 0 Å². The molecule has 0 aliphatic carbocycles. The topological polar surface area (TPSA) is 100 Å². The normalized spacial score (nSPS) is 14.4. The number of nitro benzene ring substituents is 1. The highest BCUT2D eigenvalue weighted by Crippen LogP contribution is 2.35. The van der Waals surface area contributed by atoms with Crippen LogP contribution in [-0.4, -0.2) is 30.5 Å². The van der Waals surface area contributed by atoms with Crippen molar-refractivity contribution in [3.8, 4) is 11.5 Å². The molecule has 31 heavy (non-hydrogen) atoms. The van der Waals surface area contributed by atoms with Crippen LogP contribution in [0.1, 0.15) is 30.9 Å². The van der Waals surface area contributed by atoms with Crippen molar-refractivity contribution in [3.63, 3.8) is 0 Å². The van der Waals surface area contributed by atoms with Crippen LogP contribution >= 0.6 is 34.2 Å². The summed E-state index contributed by atoms with van der Waals surface area (Å²) in [5, 5.41) is 11.2. The Kier molecular flexibility index (Phi) is 7.50. The Bertz CT molecular complexity index is 1100. The van der Waals surface area contributed by atoms with Crippen molar-refractivity contribution >= 4 is 57.8 Å². The maximum Gasteiger partial charge on any atom is 0.363 e. The number of cyclic esters (lactones) is 1. The summed E-state index contributed by atoms with van der Waals surface area (Å²) < 4.78 is 17.3. The van der Waals surface area contributed by atoms with Crippen LogP contribution in [0.15, 0.2) is 41.0 Å². The molecule has 1 aliphatic heterocycles. The van der Waals surface area contributed by atoms with Crippen molar-refractivity contribution < 1.29 is 23.9 Å². The fourth-order valence-corrected chi connectivity index (χ4v) is 3.73. The van der Waals surface area contributed by atoms with Crippen LogP contribution in [-0.2, 0) is 9.53 Å². The predicted molar refractivity (Wildman–Crippen MR) is 125 cm³/mol. The molecule has 0 saturated carbocycles. The molecule has 162 valence electrons. The van der Waals surface area contributed by atoms with E-state index in [1.165, 1.54) is 18.2 Å². The van der Waals surface area contributed by atoms with E-state index in [-0.39, 0.29) is 27.9 Å². The van der Waals surface area contributed by atoms with E-state index in [2.05, 4.69) is 34.5 Å². The van der Waals surface area contributed by atoms with Gasteiger partial charge in [0.05, 0.1) is 32.8 Å². The Balaban J connectivity index is 1.94. The average molecular weight is 557 g/mol. The third kappa shape index (κ3) is 5.34. The van der Waals surface area contributed by atoms with Gasteiger partial charge in [-0.05, 0) is 58.9 Å². The number of non-ortho nitro benzene ring substituents is 1. The van der Waals surface area contributed by atoms with E-state index >= 15 is 0 Å². The van der Waals surface area contributed by atoms with Gasteiger partial charge in [0.15, 0.2) is 17.2 Å². The molecule has 0 radical (unpaired) electrons. The molecule has 1 aliphatic rings. The number of carbonyl (C=O) groups excluding carboxylic acids is 1. The van der Waals surface area contributed by atoms with E-state index in [1.807, 2.05) is 6.07 Å². The molecule has 3 rings (SSSR count). The molecule has 0 atom stereocenters. The summed E-state index contributed by atoms with van der Waals surface area (Å²) in [7, 11) is 1.54. The van der Waals surface area contributed by atoms with Gasteiger partial charge in [-0.3, -0.25) is 10.1 Å². The van der Waals surface area contributed by atoms with Crippen molar-refractivity contribution in [1.82, 2.24) is 0 Å². The van der Waals surface area contributed by atoms with Crippen LogP contribution in [0.3, 0.4) is 0 Å². The smallest absolute Gasteiger partial charge is 0.363 e. The summed E-state index contributed by atoms with van der Waals surface area (Å²) >= 11 is 8.26. The minimum absolute atomic E-state index is 0.0371. The summed E-state index contributed by atoms with van der Waals surface area (Å²) in [5.74, 6) is 0.397. The largest absolute Gasteiger partial charge is 0.493 e. The number of aliphatic imine (C=N–C) groups is 1. The monoisotopic (exact) mass is 556 g/mol. The molecule has 8 nitrogen and oxygen atoms in total. The molecular formula is C21H18ClIN2O6. The highest BCUT2D eigenvalue weighted by molar-refractivity contribution is 14.1. The van der Waals surface area contributed by atoms with Gasteiger partial charge in [0, 0.05) is 12.1 Å². The molecule has 0 aromatic heterocycles. The molecular weight excluding hydrogens is 539 g/mol. The van der Waals surface area contributed by atoms with Gasteiger partial charge in [0.2, 0.25) is 5.90 Å². The van der Waals surface area contributed by atoms with E-state index in [9.17, 15) is 14.9 Å². The minimum Gasteiger partial charge on any atom is -0.493 e. The molecule has 1 heterocycles. The SMILES string of the molecule is CCCCOc1c(I)cc(/C=C2\N=C(c3cc([N+](=O)[O-])ccc3Cl)OC2=O)cc1OC. The lowest BCUT2D eigenvalue weighted by Crippen LogP contribution is -2.06. The molecule has 0 amide bonds. The lowest BCUT2D eigenvalue weighted by molar-refractivity contribution is -0.384. The van der Waals surface area contributed by atoms with Crippen LogP contribution in [0.4, 0.5) is 5.69 Å². The number of nitro groups is 1. The number of rotatable bonds is 8. The van der Waals surface area contributed by atoms with Crippen LogP contribution in [0.25, 0.3) is 6.08 Å². The fraction of sp³-hybridized carbons (Fsp3) is 0.238. The molecule has 0 spiro atoms. The highest BCUT2D eigenvalue weighted by atomic mass is 127. The number of hydrogen-bond acceptors (Lipinski definition) is 7. The van der Waals surface area contributed by atoms with Crippen molar-refractivity contribution in [2.24, 2.45) is 4.99 Å². The van der Waals surface area contributed by atoms with E-state index in [0.717, 1.165) is 16.4 Å². The molecule has 2 aromatic carbocycles. The van der Waals surface area contributed by atoms with E-state index < -0.39 is 10.9 Å². The van der Waals surface area contributed by atoms with E-state index in [1.54, 1.807) is 19.3 Å². The van der Waals surface area contributed by atoms with Crippen LogP contribution in [0.2, 0.25) is 5.02 Å². The number of methoxy groups -OCH3 is 1. The zero-order valence-corrected chi connectivity index (χ0v) is 19.6. The summed E-state index contributed by atoms with van der Waals surface area (Å²) in [6, 6.07) is 7.40. The highest BCUT2D eigenvalue weighted by Gasteiger charge is 2.27. The van der Waals surface area contributed by atoms with Crippen molar-refractivity contribution in [1.29, 1.82) is 0 Å². The third-order valence-electron chi connectivity index (χ3n) is 4.31. The van der Waals surface area contributed by atoms with Gasteiger partial charge in [-0.25, -0.2) is 9.79 Å². The lowest BCUT2D eigenvalue weighted by atomic mass is 10.1. The zero-order chi connectivity index (χ0) is 22.5. The van der Waals surface area contributed by atoms with E-state index in [4.69, 9.17) is 25.8 Å². The van der Waals surface area contributed by atoms with Crippen molar-refractivity contribution in [2.45, 2.75) is 19.8 Å². The number of carbonyl (C=O) groups is 1. The van der Waals surface area contributed by atoms with Crippen LogP contribution in [0.5, 0.6) is 11.5 Å². The molecule has 0 bridgehead atoms. The summed E-state index contributed by atoms with van der Waals surface area (Å²) in [6.45, 7) is 2.66. The molecule has 10 heteroatoms. The fourth-order valence-electron chi connectivity index (χ4n) is 2.75. The summed E-state index contributed by atoms with van der Waals surface area (Å²) in [4.78, 5) is 27.0. The second-order valence-corrected chi connectivity index (χ2v) is 8.06. The first-order valence-corrected chi connectivity index (χ1v) is 10.8. The second-order valence-electron chi connectivity index (χ2n) is 6.49. The van der Waals surface area contributed by atoms with Crippen LogP contribution < -0.4 is 9.47 Å². The first-order valence-electron chi connectivity index (χ1n) is 9.31. The van der Waals surface area contributed by atoms with Crippen LogP contribution in [0, 0.1) is 13.7 Å². The predicted octanol–water partition coefficient (Wildman–Crippen LogP) is 5.38. The Morgan fingerprint density at radius 2 is 2.10 bits per heavy atom. The number of ether oxygens (including phenoxy) is 3. The maximum absolute atomic E-state index is 12.3. The first-order chi connectivity index (χ1) is 14.8. The lowest BCUT2D eigenvalue weighted by Gasteiger charge is -2.13. The molecule has 0 fully saturated rings. The molecule has 0 N–H and O–H groups in total. The number of nitrogens with zero attached hydrogens (tertiary/aromatic N) is 2. The van der Waals surface area contributed by atoms with Gasteiger partial charge >= 0.3 is 5.97 Å². The molecule has 0 saturated heterocycles. The Morgan fingerprint density at radius 1 is 1.32 bits per heavy atom. The van der Waals surface area contributed by atoms with Gasteiger partial charge in [-0.2, -0.15) is 0 Å². The van der Waals surface area contributed by atoms with Gasteiger partial charge in [-0.1, -0.05) is 24.9 Å². The first kappa shape index (κ1) is 23.0. The standard InChI is InChI=1S/C21H18ClIN2O6/c1-3-4-7-30-19-16(23)8-12(10-18(19)29-2)9-17-21(26)31-20(24-17)14-11-13(25(27)28)5-6-15(14)22/h5-6,8-11H,3-4,7H2,1-2H3/b17-9-. The second kappa shape index (κ2) is 10.1. The molecule has 0 unspecified atom stereocenters. The van der Waals surface area contributed by atoms with Crippen molar-refractivity contribution in [2.75, 3.05) is 13.7 Å². The Morgan fingerprint density at radius 3 is 2.77 bits per heavy atom. The van der Waals surface area contributed by atoms with Gasteiger partial charge in [0.25, 0.3) is 5.69 Å². The number of unbranched alkanes of at least 4 members (excludes halogenated alkanes) is 1. The number of hydrogen-bond donors (Lipinski definition) is 0. The Hall–Kier alpha value is -2.66. The van der Waals surface area contributed by atoms with Gasteiger partial charge < -0.3 is 14.2 Å². The minimum atomic E-state index is -0.685. The summed E-state index contributed by atoms with van der Waals surface area (Å²) in [5.41, 5.74) is 0.675. The van der Waals surface area contributed by atoms with Gasteiger partial charge in [-0.15, -0.1) is 0 Å². The maximum atomic E-state index is 12.3. The number of halogens is 2. The number of esters is 1. The number of benzene rings is 2. The Labute approximate surface area is 197 Å². The molecule has 2 aromatic rings. The van der Waals surface area contributed by atoms with E-state index in [0.29, 0.717) is 23.7 Å². The zero-order valence-electron chi connectivity index (χ0n) is 16.7. The quantitative estimate of drug-likeness (QED) is 0.108. The third-order valence-corrected chi connectivity index (χ3v) is 5.44. The van der Waals surface area contributed by atoms with Crippen molar-refractivity contribution in [3.05, 3.63) is 65.9 Å². The summed E-state index contributed by atoms with van der Waals surface area (Å²) in [6.07, 6.45) is 3.48.